The zero-order chi connectivity index (χ0) is 13.2. The molecule has 1 fully saturated rings. The van der Waals surface area contributed by atoms with Gasteiger partial charge in [0.25, 0.3) is 0 Å². The van der Waals surface area contributed by atoms with Crippen molar-refractivity contribution in [1.29, 1.82) is 0 Å². The van der Waals surface area contributed by atoms with Crippen LogP contribution in [0, 0.1) is 12.3 Å². The molecule has 2 rings (SSSR count). The molecule has 0 spiro atoms. The lowest BCUT2D eigenvalue weighted by molar-refractivity contribution is -0.0924. The summed E-state index contributed by atoms with van der Waals surface area (Å²) in [6, 6.07) is 3.97. The van der Waals surface area contributed by atoms with Gasteiger partial charge in [-0.15, -0.1) is 0 Å². The molecule has 1 aromatic rings. The van der Waals surface area contributed by atoms with E-state index in [0.29, 0.717) is 0 Å². The second-order valence-corrected chi connectivity index (χ2v) is 5.18. The maximum Gasteiger partial charge on any atom is 0.162 e. The quantitative estimate of drug-likeness (QED) is 0.872. The molecule has 0 atom stereocenters. The Hall–Kier alpha value is -1.42. The van der Waals surface area contributed by atoms with Crippen molar-refractivity contribution in [3.63, 3.8) is 0 Å². The van der Waals surface area contributed by atoms with E-state index in [1.165, 1.54) is 0 Å². The van der Waals surface area contributed by atoms with Gasteiger partial charge in [0.1, 0.15) is 0 Å². The van der Waals surface area contributed by atoms with Crippen molar-refractivity contribution < 1.29 is 14.2 Å². The van der Waals surface area contributed by atoms with Gasteiger partial charge in [-0.1, -0.05) is 6.92 Å². The molecule has 0 saturated carbocycles. The first-order valence-electron chi connectivity index (χ1n) is 6.12. The fraction of sp³-hybridized carbons (Fsp3) is 0.571. The third kappa shape index (κ3) is 2.53. The molecule has 1 heterocycles. The summed E-state index contributed by atoms with van der Waals surface area (Å²) in [5.41, 5.74) is 2.48. The molecule has 4 nitrogen and oxygen atoms in total. The third-order valence-electron chi connectivity index (χ3n) is 3.34. The molecule has 0 radical (unpaired) electrons. The number of rotatable bonds is 5. The summed E-state index contributed by atoms with van der Waals surface area (Å²) in [6.45, 7) is 6.84. The van der Waals surface area contributed by atoms with E-state index in [1.807, 2.05) is 12.1 Å². The summed E-state index contributed by atoms with van der Waals surface area (Å²) in [5, 5.41) is 3.47. The van der Waals surface area contributed by atoms with Crippen LogP contribution in [0.25, 0.3) is 0 Å². The van der Waals surface area contributed by atoms with E-state index in [9.17, 15) is 0 Å². The van der Waals surface area contributed by atoms with Gasteiger partial charge in [-0.3, -0.25) is 0 Å². The molecule has 1 aliphatic rings. The van der Waals surface area contributed by atoms with Crippen molar-refractivity contribution in [3.05, 3.63) is 17.7 Å². The van der Waals surface area contributed by atoms with Crippen LogP contribution in [0.15, 0.2) is 12.1 Å². The second-order valence-electron chi connectivity index (χ2n) is 5.18. The van der Waals surface area contributed by atoms with Crippen molar-refractivity contribution in [3.8, 4) is 11.5 Å². The molecule has 0 bridgehead atoms. The molecule has 4 heteroatoms. The number of hydrogen-bond donors (Lipinski definition) is 1. The van der Waals surface area contributed by atoms with Gasteiger partial charge in [0.2, 0.25) is 0 Å². The standard InChI is InChI=1S/C14H21NO3/c1-10-5-12(16-3)13(17-4)6-11(10)15-7-14(2)8-18-9-14/h5-6,15H,7-9H2,1-4H3. The Morgan fingerprint density at radius 1 is 1.22 bits per heavy atom. The molecular formula is C14H21NO3. The maximum absolute atomic E-state index is 5.31. The largest absolute Gasteiger partial charge is 0.493 e. The first-order valence-corrected chi connectivity index (χ1v) is 6.12. The van der Waals surface area contributed by atoms with E-state index >= 15 is 0 Å². The van der Waals surface area contributed by atoms with Crippen LogP contribution >= 0.6 is 0 Å². The predicted molar refractivity (Wildman–Crippen MR) is 71.7 cm³/mol. The predicted octanol–water partition coefficient (Wildman–Crippen LogP) is 2.46. The van der Waals surface area contributed by atoms with Crippen molar-refractivity contribution in [2.75, 3.05) is 39.3 Å². The van der Waals surface area contributed by atoms with Gasteiger partial charge < -0.3 is 19.5 Å². The van der Waals surface area contributed by atoms with Gasteiger partial charge >= 0.3 is 0 Å². The molecular weight excluding hydrogens is 230 g/mol. The van der Waals surface area contributed by atoms with Crippen molar-refractivity contribution >= 4 is 5.69 Å². The smallest absolute Gasteiger partial charge is 0.162 e. The SMILES string of the molecule is COc1cc(C)c(NCC2(C)COC2)cc1OC. The first kappa shape index (κ1) is 13.0. The number of benzene rings is 1. The van der Waals surface area contributed by atoms with E-state index in [0.717, 1.165) is 42.5 Å². The molecule has 0 aliphatic carbocycles. The fourth-order valence-corrected chi connectivity index (χ4v) is 2.03. The van der Waals surface area contributed by atoms with Crippen LogP contribution in [-0.4, -0.2) is 34.0 Å². The lowest BCUT2D eigenvalue weighted by Crippen LogP contribution is -2.45. The zero-order valence-corrected chi connectivity index (χ0v) is 11.5. The van der Waals surface area contributed by atoms with Crippen molar-refractivity contribution in [2.45, 2.75) is 13.8 Å². The Morgan fingerprint density at radius 3 is 2.33 bits per heavy atom. The summed E-state index contributed by atoms with van der Waals surface area (Å²) < 4.78 is 15.8. The Labute approximate surface area is 108 Å². The molecule has 0 aromatic heterocycles. The van der Waals surface area contributed by atoms with Crippen LogP contribution in [0.3, 0.4) is 0 Å². The first-order chi connectivity index (χ1) is 8.58. The molecule has 18 heavy (non-hydrogen) atoms. The third-order valence-corrected chi connectivity index (χ3v) is 3.34. The van der Waals surface area contributed by atoms with Crippen LogP contribution in [0.2, 0.25) is 0 Å². The highest BCUT2D eigenvalue weighted by Crippen LogP contribution is 2.34. The van der Waals surface area contributed by atoms with Gasteiger partial charge in [-0.05, 0) is 18.6 Å². The average molecular weight is 251 g/mol. The summed E-state index contributed by atoms with van der Waals surface area (Å²) in [4.78, 5) is 0. The highest BCUT2D eigenvalue weighted by atomic mass is 16.5. The Bertz CT molecular complexity index is 427. The number of nitrogens with one attached hydrogen (secondary N) is 1. The Morgan fingerprint density at radius 2 is 1.83 bits per heavy atom. The minimum absolute atomic E-state index is 0.250. The minimum Gasteiger partial charge on any atom is -0.493 e. The lowest BCUT2D eigenvalue weighted by atomic mass is 9.88. The lowest BCUT2D eigenvalue weighted by Gasteiger charge is -2.38. The molecule has 100 valence electrons. The van der Waals surface area contributed by atoms with Gasteiger partial charge in [0.15, 0.2) is 11.5 Å². The van der Waals surface area contributed by atoms with Gasteiger partial charge in [-0.2, -0.15) is 0 Å². The van der Waals surface area contributed by atoms with Crippen LogP contribution in [-0.2, 0) is 4.74 Å². The minimum atomic E-state index is 0.250. The molecule has 0 unspecified atom stereocenters. The van der Waals surface area contributed by atoms with E-state index in [2.05, 4.69) is 19.2 Å². The van der Waals surface area contributed by atoms with E-state index in [4.69, 9.17) is 14.2 Å². The topological polar surface area (TPSA) is 39.7 Å². The summed E-state index contributed by atoms with van der Waals surface area (Å²) in [7, 11) is 3.30. The highest BCUT2D eigenvalue weighted by molar-refractivity contribution is 5.60. The number of anilines is 1. The summed E-state index contributed by atoms with van der Waals surface area (Å²) >= 11 is 0. The number of methoxy groups -OCH3 is 2. The molecule has 1 aliphatic heterocycles. The number of aryl methyl sites for hydroxylation is 1. The van der Waals surface area contributed by atoms with Gasteiger partial charge in [0.05, 0.1) is 27.4 Å². The Kier molecular flexibility index (Phi) is 3.66. The number of ether oxygens (including phenoxy) is 3. The average Bonchev–Trinajstić information content (AvgIpc) is 2.34. The maximum atomic E-state index is 5.31. The van der Waals surface area contributed by atoms with Crippen molar-refractivity contribution in [2.24, 2.45) is 5.41 Å². The van der Waals surface area contributed by atoms with E-state index < -0.39 is 0 Å². The van der Waals surface area contributed by atoms with Crippen LogP contribution < -0.4 is 14.8 Å². The molecule has 1 aromatic carbocycles. The molecule has 1 saturated heterocycles. The normalized spacial score (nSPS) is 16.9. The monoisotopic (exact) mass is 251 g/mol. The fourth-order valence-electron chi connectivity index (χ4n) is 2.03. The van der Waals surface area contributed by atoms with Gasteiger partial charge in [0, 0.05) is 23.7 Å². The molecule has 1 N–H and O–H groups in total. The van der Waals surface area contributed by atoms with Crippen molar-refractivity contribution in [1.82, 2.24) is 0 Å². The van der Waals surface area contributed by atoms with E-state index in [1.54, 1.807) is 14.2 Å². The second kappa shape index (κ2) is 5.06. The molecule has 0 amide bonds. The summed E-state index contributed by atoms with van der Waals surface area (Å²) in [5.74, 6) is 1.51. The van der Waals surface area contributed by atoms with Gasteiger partial charge in [-0.25, -0.2) is 0 Å². The van der Waals surface area contributed by atoms with Crippen LogP contribution in [0.1, 0.15) is 12.5 Å². The Balaban J connectivity index is 2.12. The van der Waals surface area contributed by atoms with Crippen LogP contribution in [0.4, 0.5) is 5.69 Å². The summed E-state index contributed by atoms with van der Waals surface area (Å²) in [6.07, 6.45) is 0. The van der Waals surface area contributed by atoms with Crippen LogP contribution in [0.5, 0.6) is 11.5 Å². The zero-order valence-electron chi connectivity index (χ0n) is 11.5. The highest BCUT2D eigenvalue weighted by Gasteiger charge is 2.33. The van der Waals surface area contributed by atoms with E-state index in [-0.39, 0.29) is 5.41 Å². The number of hydrogen-bond acceptors (Lipinski definition) is 4.